The zero-order chi connectivity index (χ0) is 23.0. The number of nitrogens with one attached hydrogen (secondary N) is 1. The fraction of sp³-hybridized carbons (Fsp3) is 0.227. The molecule has 1 N–H and O–H groups in total. The highest BCUT2D eigenvalue weighted by molar-refractivity contribution is 7.09. The van der Waals surface area contributed by atoms with Gasteiger partial charge in [0.15, 0.2) is 6.61 Å². The molecule has 1 aliphatic rings. The number of aryl methyl sites for hydroxylation is 1. The van der Waals surface area contributed by atoms with E-state index in [9.17, 15) is 22.8 Å². The monoisotopic (exact) mass is 461 g/mol. The van der Waals surface area contributed by atoms with Crippen LogP contribution in [0.3, 0.4) is 0 Å². The van der Waals surface area contributed by atoms with Gasteiger partial charge in [-0.1, -0.05) is 12.1 Å². The van der Waals surface area contributed by atoms with Gasteiger partial charge in [0.2, 0.25) is 5.91 Å². The molecule has 2 heterocycles. The quantitative estimate of drug-likeness (QED) is 0.601. The minimum absolute atomic E-state index is 0.279. The summed E-state index contributed by atoms with van der Waals surface area (Å²) in [6.45, 7) is 3.05. The number of nitrogens with zero attached hydrogens (tertiary/aromatic N) is 2. The van der Waals surface area contributed by atoms with Gasteiger partial charge in [0.05, 0.1) is 27.6 Å². The lowest BCUT2D eigenvalue weighted by Crippen LogP contribution is -2.49. The van der Waals surface area contributed by atoms with Crippen LogP contribution in [-0.4, -0.2) is 29.4 Å². The van der Waals surface area contributed by atoms with Crippen molar-refractivity contribution in [2.24, 2.45) is 0 Å². The van der Waals surface area contributed by atoms with Gasteiger partial charge in [-0.2, -0.15) is 13.2 Å². The Bertz CT molecular complexity index is 1190. The lowest BCUT2D eigenvalue weighted by Gasteiger charge is -2.33. The molecule has 1 unspecified atom stereocenters. The lowest BCUT2D eigenvalue weighted by molar-refractivity contribution is -0.137. The summed E-state index contributed by atoms with van der Waals surface area (Å²) in [5.74, 6) is -0.829. The van der Waals surface area contributed by atoms with Gasteiger partial charge in [-0.25, -0.2) is 4.98 Å². The fourth-order valence-electron chi connectivity index (χ4n) is 3.44. The first-order valence-electron chi connectivity index (χ1n) is 9.63. The summed E-state index contributed by atoms with van der Waals surface area (Å²) >= 11 is 1.47. The molecule has 166 valence electrons. The molecule has 1 aromatic heterocycles. The molecular weight excluding hydrogens is 443 g/mol. The second-order valence-electron chi connectivity index (χ2n) is 7.20. The second-order valence-corrected chi connectivity index (χ2v) is 8.26. The van der Waals surface area contributed by atoms with Crippen molar-refractivity contribution in [3.63, 3.8) is 0 Å². The number of carbonyl (C=O) groups is 2. The lowest BCUT2D eigenvalue weighted by atomic mass is 10.1. The van der Waals surface area contributed by atoms with Crippen molar-refractivity contribution in [3.8, 4) is 17.0 Å². The molecule has 0 spiro atoms. The summed E-state index contributed by atoms with van der Waals surface area (Å²) in [6, 6.07) is 8.78. The van der Waals surface area contributed by atoms with E-state index in [1.165, 1.54) is 41.4 Å². The van der Waals surface area contributed by atoms with Gasteiger partial charge >= 0.3 is 6.18 Å². The van der Waals surface area contributed by atoms with Crippen LogP contribution >= 0.6 is 11.3 Å². The van der Waals surface area contributed by atoms with Gasteiger partial charge in [0, 0.05) is 10.9 Å². The molecular formula is C22H18F3N3O3S. The van der Waals surface area contributed by atoms with Crippen LogP contribution in [-0.2, 0) is 15.8 Å². The van der Waals surface area contributed by atoms with Gasteiger partial charge in [-0.05, 0) is 44.2 Å². The Hall–Kier alpha value is -3.40. The first-order chi connectivity index (χ1) is 15.1. The molecule has 32 heavy (non-hydrogen) atoms. The molecule has 0 aliphatic carbocycles. The molecule has 1 atom stereocenters. The zero-order valence-electron chi connectivity index (χ0n) is 17.1. The summed E-state index contributed by atoms with van der Waals surface area (Å²) < 4.78 is 45.3. The number of rotatable bonds is 4. The predicted octanol–water partition coefficient (Wildman–Crippen LogP) is 4.89. The van der Waals surface area contributed by atoms with Crippen LogP contribution < -0.4 is 15.0 Å². The van der Waals surface area contributed by atoms with E-state index in [-0.39, 0.29) is 12.3 Å². The number of hydrogen-bond acceptors (Lipinski definition) is 5. The van der Waals surface area contributed by atoms with E-state index in [0.29, 0.717) is 17.1 Å². The summed E-state index contributed by atoms with van der Waals surface area (Å²) in [5, 5.41) is 5.06. The third-order valence-electron chi connectivity index (χ3n) is 5.01. The minimum atomic E-state index is -4.63. The Balaban J connectivity index is 1.65. The molecule has 4 rings (SSSR count). The molecule has 0 saturated carbocycles. The Kier molecular flexibility index (Phi) is 5.64. The number of aromatic nitrogens is 1. The van der Waals surface area contributed by atoms with Gasteiger partial charge in [-0.15, -0.1) is 11.3 Å². The van der Waals surface area contributed by atoms with Crippen molar-refractivity contribution in [3.05, 3.63) is 58.4 Å². The van der Waals surface area contributed by atoms with Crippen molar-refractivity contribution in [1.29, 1.82) is 0 Å². The fourth-order valence-corrected chi connectivity index (χ4v) is 4.07. The number of fused-ring (bicyclic) bond motifs is 1. The SMILES string of the molecule is Cc1nc(-c2ccc3c(c2)N(C(C)C(=O)Nc2ccccc2C(F)(F)F)C(=O)CO3)cs1. The summed E-state index contributed by atoms with van der Waals surface area (Å²) in [4.78, 5) is 31.2. The van der Waals surface area contributed by atoms with E-state index in [1.54, 1.807) is 18.2 Å². The number of para-hydroxylation sites is 1. The molecule has 0 radical (unpaired) electrons. The zero-order valence-corrected chi connectivity index (χ0v) is 17.9. The standard InChI is InChI=1S/C22H18F3N3O3S/c1-12(21(30)27-16-6-4-3-5-15(16)22(23,24)25)28-18-9-14(17-11-32-13(2)26-17)7-8-19(18)31-10-20(28)29/h3-9,11-12H,10H2,1-2H3,(H,27,30). The van der Waals surface area contributed by atoms with E-state index < -0.39 is 29.6 Å². The third-order valence-corrected chi connectivity index (χ3v) is 5.78. The van der Waals surface area contributed by atoms with Crippen LogP contribution in [0, 0.1) is 6.92 Å². The van der Waals surface area contributed by atoms with Crippen molar-refractivity contribution < 1.29 is 27.5 Å². The molecule has 0 fully saturated rings. The number of alkyl halides is 3. The molecule has 2 amide bonds. The number of ether oxygens (including phenoxy) is 1. The normalized spacial score (nSPS) is 14.5. The van der Waals surface area contributed by atoms with E-state index in [0.717, 1.165) is 16.6 Å². The summed E-state index contributed by atoms with van der Waals surface area (Å²) in [5.41, 5.74) is 0.465. The highest BCUT2D eigenvalue weighted by atomic mass is 32.1. The number of carbonyl (C=O) groups excluding carboxylic acids is 2. The maximum atomic E-state index is 13.3. The first-order valence-corrected chi connectivity index (χ1v) is 10.5. The Morgan fingerprint density at radius 3 is 2.69 bits per heavy atom. The maximum absolute atomic E-state index is 13.3. The average Bonchev–Trinajstić information content (AvgIpc) is 3.18. The molecule has 0 saturated heterocycles. The van der Waals surface area contributed by atoms with Crippen LogP contribution in [0.2, 0.25) is 0 Å². The van der Waals surface area contributed by atoms with Crippen LogP contribution in [0.25, 0.3) is 11.3 Å². The molecule has 10 heteroatoms. The Morgan fingerprint density at radius 2 is 2.00 bits per heavy atom. The molecule has 1 aliphatic heterocycles. The molecule has 6 nitrogen and oxygen atoms in total. The average molecular weight is 461 g/mol. The van der Waals surface area contributed by atoms with Crippen molar-refractivity contribution >= 4 is 34.5 Å². The van der Waals surface area contributed by atoms with Crippen LogP contribution in [0.5, 0.6) is 5.75 Å². The van der Waals surface area contributed by atoms with E-state index in [2.05, 4.69) is 10.3 Å². The molecule has 2 aromatic carbocycles. The number of benzene rings is 2. The number of amides is 2. The van der Waals surface area contributed by atoms with Crippen LogP contribution in [0.15, 0.2) is 47.8 Å². The summed E-state index contributed by atoms with van der Waals surface area (Å²) in [6.07, 6.45) is -4.63. The highest BCUT2D eigenvalue weighted by Gasteiger charge is 2.36. The topological polar surface area (TPSA) is 71.5 Å². The highest BCUT2D eigenvalue weighted by Crippen LogP contribution is 2.38. The van der Waals surface area contributed by atoms with Crippen LogP contribution in [0.1, 0.15) is 17.5 Å². The largest absolute Gasteiger partial charge is 0.482 e. The van der Waals surface area contributed by atoms with Gasteiger partial charge < -0.3 is 10.1 Å². The molecule has 3 aromatic rings. The smallest absolute Gasteiger partial charge is 0.418 e. The number of anilines is 2. The maximum Gasteiger partial charge on any atom is 0.418 e. The van der Waals surface area contributed by atoms with E-state index in [4.69, 9.17) is 4.74 Å². The second kappa shape index (κ2) is 8.27. The number of halogens is 3. The Morgan fingerprint density at radius 1 is 1.25 bits per heavy atom. The van der Waals surface area contributed by atoms with Gasteiger partial charge in [0.1, 0.15) is 11.8 Å². The third kappa shape index (κ3) is 4.18. The summed E-state index contributed by atoms with van der Waals surface area (Å²) in [7, 11) is 0. The van der Waals surface area contributed by atoms with E-state index in [1.807, 2.05) is 12.3 Å². The predicted molar refractivity (Wildman–Crippen MR) is 115 cm³/mol. The van der Waals surface area contributed by atoms with Crippen molar-refractivity contribution in [2.75, 3.05) is 16.8 Å². The number of thiazole rings is 1. The number of hydrogen-bond donors (Lipinski definition) is 1. The van der Waals surface area contributed by atoms with E-state index >= 15 is 0 Å². The Labute approximate surface area is 185 Å². The minimum Gasteiger partial charge on any atom is -0.482 e. The molecule has 0 bridgehead atoms. The van der Waals surface area contributed by atoms with Crippen LogP contribution in [0.4, 0.5) is 24.5 Å². The van der Waals surface area contributed by atoms with Crippen molar-refractivity contribution in [1.82, 2.24) is 4.98 Å². The van der Waals surface area contributed by atoms with Gasteiger partial charge in [0.25, 0.3) is 5.91 Å². The van der Waals surface area contributed by atoms with Gasteiger partial charge in [-0.3, -0.25) is 14.5 Å². The first kappa shape index (κ1) is 21.8. The van der Waals surface area contributed by atoms with Crippen molar-refractivity contribution in [2.45, 2.75) is 26.1 Å².